The number of methoxy groups -OCH3 is 1. The Bertz CT molecular complexity index is 485. The van der Waals surface area contributed by atoms with E-state index in [-0.39, 0.29) is 0 Å². The summed E-state index contributed by atoms with van der Waals surface area (Å²) in [6.45, 7) is 0. The van der Waals surface area contributed by atoms with E-state index in [0.29, 0.717) is 10.8 Å². The Hall–Kier alpha value is -1.48. The number of halogens is 1. The molecular formula is C10H9ClN2O. The third kappa shape index (κ3) is 1.36. The van der Waals surface area contributed by atoms with Gasteiger partial charge in [-0.25, -0.2) is 4.98 Å². The minimum Gasteiger partial charge on any atom is -0.496 e. The third-order valence-corrected chi connectivity index (χ3v) is 2.29. The molecule has 0 spiro atoms. The molecule has 0 unspecified atom stereocenters. The Labute approximate surface area is 86.5 Å². The van der Waals surface area contributed by atoms with Gasteiger partial charge in [0, 0.05) is 22.7 Å². The van der Waals surface area contributed by atoms with Crippen molar-refractivity contribution in [3.8, 4) is 5.75 Å². The molecule has 72 valence electrons. The number of rotatable bonds is 1. The second-order valence-electron chi connectivity index (χ2n) is 2.91. The first kappa shape index (κ1) is 9.09. The van der Waals surface area contributed by atoms with Gasteiger partial charge in [-0.3, -0.25) is 0 Å². The SMILES string of the molecule is COc1ccc(N)c2cc(Cl)ncc12. The van der Waals surface area contributed by atoms with Gasteiger partial charge in [-0.2, -0.15) is 0 Å². The molecule has 1 heterocycles. The van der Waals surface area contributed by atoms with Gasteiger partial charge in [-0.05, 0) is 18.2 Å². The number of pyridine rings is 1. The van der Waals surface area contributed by atoms with Gasteiger partial charge in [0.15, 0.2) is 0 Å². The number of fused-ring (bicyclic) bond motifs is 1. The molecule has 0 amide bonds. The van der Waals surface area contributed by atoms with Crippen LogP contribution < -0.4 is 10.5 Å². The van der Waals surface area contributed by atoms with Gasteiger partial charge in [0.25, 0.3) is 0 Å². The maximum atomic E-state index is 5.81. The standard InChI is InChI=1S/C10H9ClN2O/c1-14-9-3-2-8(12)6-4-10(11)13-5-7(6)9/h2-5H,12H2,1H3. The van der Waals surface area contributed by atoms with Crippen molar-refractivity contribution in [3.63, 3.8) is 0 Å². The third-order valence-electron chi connectivity index (χ3n) is 2.08. The summed E-state index contributed by atoms with van der Waals surface area (Å²) in [5.74, 6) is 0.748. The quantitative estimate of drug-likeness (QED) is 0.579. The lowest BCUT2D eigenvalue weighted by atomic mass is 10.1. The Morgan fingerprint density at radius 1 is 1.36 bits per heavy atom. The fraction of sp³-hybridized carbons (Fsp3) is 0.100. The monoisotopic (exact) mass is 208 g/mol. The van der Waals surface area contributed by atoms with Crippen molar-refractivity contribution in [3.05, 3.63) is 29.5 Å². The highest BCUT2D eigenvalue weighted by Gasteiger charge is 2.05. The zero-order valence-corrected chi connectivity index (χ0v) is 8.38. The fourth-order valence-electron chi connectivity index (χ4n) is 1.39. The average Bonchev–Trinajstić information content (AvgIpc) is 2.19. The van der Waals surface area contributed by atoms with E-state index in [2.05, 4.69) is 4.98 Å². The first-order chi connectivity index (χ1) is 6.72. The number of hydrogen-bond donors (Lipinski definition) is 1. The van der Waals surface area contributed by atoms with E-state index < -0.39 is 0 Å². The molecule has 14 heavy (non-hydrogen) atoms. The molecule has 2 rings (SSSR count). The zero-order valence-electron chi connectivity index (χ0n) is 7.62. The van der Waals surface area contributed by atoms with E-state index in [1.165, 1.54) is 0 Å². The number of anilines is 1. The number of ether oxygens (including phenoxy) is 1. The van der Waals surface area contributed by atoms with Crippen LogP contribution in [0.2, 0.25) is 5.15 Å². The molecular weight excluding hydrogens is 200 g/mol. The number of nitrogens with zero attached hydrogens (tertiary/aromatic N) is 1. The second kappa shape index (κ2) is 3.35. The smallest absolute Gasteiger partial charge is 0.129 e. The molecule has 1 aromatic heterocycles. The molecule has 3 nitrogen and oxygen atoms in total. The Balaban J connectivity index is 2.84. The lowest BCUT2D eigenvalue weighted by Crippen LogP contribution is -1.91. The molecule has 0 aliphatic carbocycles. The largest absolute Gasteiger partial charge is 0.496 e. The van der Waals surface area contributed by atoms with Crippen molar-refractivity contribution in [2.75, 3.05) is 12.8 Å². The molecule has 0 aliphatic heterocycles. The molecule has 1 aromatic carbocycles. The van der Waals surface area contributed by atoms with Gasteiger partial charge in [0.1, 0.15) is 10.9 Å². The van der Waals surface area contributed by atoms with Gasteiger partial charge in [-0.15, -0.1) is 0 Å². The van der Waals surface area contributed by atoms with Crippen molar-refractivity contribution in [1.82, 2.24) is 4.98 Å². The van der Waals surface area contributed by atoms with E-state index in [4.69, 9.17) is 22.1 Å². The number of aromatic nitrogens is 1. The van der Waals surface area contributed by atoms with Gasteiger partial charge in [0.2, 0.25) is 0 Å². The van der Waals surface area contributed by atoms with Crippen LogP contribution in [0.15, 0.2) is 24.4 Å². The topological polar surface area (TPSA) is 48.1 Å². The Morgan fingerprint density at radius 2 is 2.14 bits per heavy atom. The van der Waals surface area contributed by atoms with Crippen LogP contribution in [0.1, 0.15) is 0 Å². The number of hydrogen-bond acceptors (Lipinski definition) is 3. The summed E-state index contributed by atoms with van der Waals surface area (Å²) < 4.78 is 5.18. The van der Waals surface area contributed by atoms with Gasteiger partial charge >= 0.3 is 0 Å². The second-order valence-corrected chi connectivity index (χ2v) is 3.30. The minimum absolute atomic E-state index is 0.428. The predicted molar refractivity (Wildman–Crippen MR) is 57.7 cm³/mol. The zero-order chi connectivity index (χ0) is 10.1. The highest BCUT2D eigenvalue weighted by Crippen LogP contribution is 2.30. The van der Waals surface area contributed by atoms with E-state index in [0.717, 1.165) is 16.5 Å². The van der Waals surface area contributed by atoms with Crippen LogP contribution >= 0.6 is 11.6 Å². The summed E-state index contributed by atoms with van der Waals surface area (Å²) in [5.41, 5.74) is 6.48. The van der Waals surface area contributed by atoms with Crippen LogP contribution in [-0.2, 0) is 0 Å². The van der Waals surface area contributed by atoms with Crippen LogP contribution in [0.3, 0.4) is 0 Å². The fourth-order valence-corrected chi connectivity index (χ4v) is 1.55. The number of nitrogen functional groups attached to an aromatic ring is 1. The first-order valence-corrected chi connectivity index (χ1v) is 4.48. The summed E-state index contributed by atoms with van der Waals surface area (Å²) in [6, 6.07) is 5.33. The predicted octanol–water partition coefficient (Wildman–Crippen LogP) is 2.48. The number of nitrogens with two attached hydrogens (primary N) is 1. The summed E-state index contributed by atoms with van der Waals surface area (Å²) >= 11 is 5.78. The maximum Gasteiger partial charge on any atom is 0.129 e. The van der Waals surface area contributed by atoms with Crippen LogP contribution in [0.25, 0.3) is 10.8 Å². The molecule has 2 aromatic rings. The minimum atomic E-state index is 0.428. The highest BCUT2D eigenvalue weighted by atomic mass is 35.5. The highest BCUT2D eigenvalue weighted by molar-refractivity contribution is 6.30. The lowest BCUT2D eigenvalue weighted by molar-refractivity contribution is 0.420. The molecule has 0 saturated heterocycles. The normalized spacial score (nSPS) is 10.4. The van der Waals surface area contributed by atoms with Crippen molar-refractivity contribution in [1.29, 1.82) is 0 Å². The van der Waals surface area contributed by atoms with E-state index in [9.17, 15) is 0 Å². The first-order valence-electron chi connectivity index (χ1n) is 4.10. The van der Waals surface area contributed by atoms with Gasteiger partial charge in [0.05, 0.1) is 7.11 Å². The summed E-state index contributed by atoms with van der Waals surface area (Å²) in [4.78, 5) is 3.99. The van der Waals surface area contributed by atoms with E-state index in [1.807, 2.05) is 6.07 Å². The molecule has 0 aliphatic rings. The van der Waals surface area contributed by atoms with E-state index >= 15 is 0 Å². The van der Waals surface area contributed by atoms with Crippen LogP contribution in [0.5, 0.6) is 5.75 Å². The van der Waals surface area contributed by atoms with Crippen LogP contribution in [-0.4, -0.2) is 12.1 Å². The van der Waals surface area contributed by atoms with Crippen molar-refractivity contribution in [2.24, 2.45) is 0 Å². The Kier molecular flexibility index (Phi) is 2.17. The van der Waals surface area contributed by atoms with Crippen molar-refractivity contribution in [2.45, 2.75) is 0 Å². The summed E-state index contributed by atoms with van der Waals surface area (Å²) in [7, 11) is 1.61. The lowest BCUT2D eigenvalue weighted by Gasteiger charge is -2.07. The van der Waals surface area contributed by atoms with Gasteiger partial charge < -0.3 is 10.5 Å². The van der Waals surface area contributed by atoms with Crippen LogP contribution in [0.4, 0.5) is 5.69 Å². The molecule has 4 heteroatoms. The summed E-state index contributed by atoms with van der Waals surface area (Å²) in [6.07, 6.45) is 1.66. The van der Waals surface area contributed by atoms with Gasteiger partial charge in [-0.1, -0.05) is 11.6 Å². The molecule has 0 atom stereocenters. The van der Waals surface area contributed by atoms with E-state index in [1.54, 1.807) is 25.4 Å². The number of benzene rings is 1. The maximum absolute atomic E-state index is 5.81. The molecule has 0 radical (unpaired) electrons. The molecule has 2 N–H and O–H groups in total. The van der Waals surface area contributed by atoms with Crippen molar-refractivity contribution >= 4 is 28.1 Å². The molecule has 0 saturated carbocycles. The molecule has 0 fully saturated rings. The van der Waals surface area contributed by atoms with Crippen molar-refractivity contribution < 1.29 is 4.74 Å². The summed E-state index contributed by atoms with van der Waals surface area (Å²) in [5, 5.41) is 2.17. The molecule has 0 bridgehead atoms. The average molecular weight is 209 g/mol. The van der Waals surface area contributed by atoms with Crippen LogP contribution in [0, 0.1) is 0 Å². The Morgan fingerprint density at radius 3 is 2.86 bits per heavy atom.